The van der Waals surface area contributed by atoms with Gasteiger partial charge in [0.25, 0.3) is 0 Å². The van der Waals surface area contributed by atoms with Crippen molar-refractivity contribution >= 4 is 5.69 Å². The van der Waals surface area contributed by atoms with Crippen LogP contribution in [0, 0.1) is 6.92 Å². The van der Waals surface area contributed by atoms with E-state index in [1.807, 2.05) is 19.1 Å². The average molecular weight is 193 g/mol. The first-order chi connectivity index (χ1) is 6.72. The molecule has 1 aliphatic rings. The average Bonchev–Trinajstić information content (AvgIpc) is 2.19. The van der Waals surface area contributed by atoms with E-state index in [9.17, 15) is 5.11 Å². The van der Waals surface area contributed by atoms with Crippen molar-refractivity contribution in [1.29, 1.82) is 0 Å². The number of fused-ring (bicyclic) bond motifs is 1. The predicted octanol–water partition coefficient (Wildman–Crippen LogP) is 1.85. The third-order valence-corrected chi connectivity index (χ3v) is 2.65. The van der Waals surface area contributed by atoms with E-state index in [2.05, 4.69) is 5.32 Å². The predicted molar refractivity (Wildman–Crippen MR) is 55.8 cm³/mol. The quantitative estimate of drug-likeness (QED) is 0.715. The second-order valence-electron chi connectivity index (χ2n) is 3.64. The van der Waals surface area contributed by atoms with Crippen molar-refractivity contribution in [2.75, 3.05) is 19.0 Å². The Morgan fingerprint density at radius 2 is 2.29 bits per heavy atom. The Morgan fingerprint density at radius 3 is 3.00 bits per heavy atom. The topological polar surface area (TPSA) is 41.5 Å². The number of nitrogens with one attached hydrogen (secondary N) is 1. The number of rotatable bonds is 1. The van der Waals surface area contributed by atoms with Crippen molar-refractivity contribution in [3.05, 3.63) is 23.3 Å². The summed E-state index contributed by atoms with van der Waals surface area (Å²) in [6.07, 6.45) is 0.402. The van der Waals surface area contributed by atoms with E-state index in [4.69, 9.17) is 4.74 Å². The Labute approximate surface area is 83.7 Å². The fraction of sp³-hybridized carbons (Fsp3) is 0.455. The van der Waals surface area contributed by atoms with Gasteiger partial charge < -0.3 is 15.2 Å². The normalized spacial score (nSPS) is 19.8. The van der Waals surface area contributed by atoms with Crippen molar-refractivity contribution in [1.82, 2.24) is 0 Å². The number of aliphatic hydroxyl groups is 1. The lowest BCUT2D eigenvalue weighted by Gasteiger charge is -2.25. The van der Waals surface area contributed by atoms with E-state index in [1.54, 1.807) is 7.11 Å². The molecule has 0 saturated carbocycles. The molecule has 0 amide bonds. The number of benzene rings is 1. The van der Waals surface area contributed by atoms with E-state index < -0.39 is 0 Å². The summed E-state index contributed by atoms with van der Waals surface area (Å²) < 4.78 is 5.17. The van der Waals surface area contributed by atoms with Gasteiger partial charge >= 0.3 is 0 Å². The lowest BCUT2D eigenvalue weighted by atomic mass is 9.97. The molecule has 2 N–H and O–H groups in total. The Bertz CT molecular complexity index is 349. The Morgan fingerprint density at radius 1 is 1.50 bits per heavy atom. The highest BCUT2D eigenvalue weighted by Crippen LogP contribution is 2.35. The van der Waals surface area contributed by atoms with E-state index in [0.29, 0.717) is 0 Å². The smallest absolute Gasteiger partial charge is 0.119 e. The third-order valence-electron chi connectivity index (χ3n) is 2.65. The van der Waals surface area contributed by atoms with E-state index >= 15 is 0 Å². The molecule has 0 fully saturated rings. The van der Waals surface area contributed by atoms with Crippen LogP contribution in [0.15, 0.2) is 12.1 Å². The largest absolute Gasteiger partial charge is 0.497 e. The minimum atomic E-state index is -0.361. The molecule has 0 aliphatic carbocycles. The van der Waals surface area contributed by atoms with Crippen molar-refractivity contribution in [3.8, 4) is 5.75 Å². The van der Waals surface area contributed by atoms with Crippen LogP contribution in [-0.4, -0.2) is 18.8 Å². The molecule has 76 valence electrons. The Balaban J connectivity index is 2.51. The molecule has 1 aromatic carbocycles. The van der Waals surface area contributed by atoms with E-state index in [0.717, 1.165) is 35.5 Å². The van der Waals surface area contributed by atoms with Crippen LogP contribution >= 0.6 is 0 Å². The zero-order chi connectivity index (χ0) is 10.1. The highest BCUT2D eigenvalue weighted by Gasteiger charge is 2.19. The zero-order valence-electron chi connectivity index (χ0n) is 8.50. The van der Waals surface area contributed by atoms with Crippen LogP contribution in [0.4, 0.5) is 5.69 Å². The lowest BCUT2D eigenvalue weighted by Crippen LogP contribution is -2.17. The van der Waals surface area contributed by atoms with Gasteiger partial charge in [-0.15, -0.1) is 0 Å². The number of anilines is 1. The van der Waals surface area contributed by atoms with Crippen LogP contribution in [0.25, 0.3) is 0 Å². The van der Waals surface area contributed by atoms with Gasteiger partial charge in [0.1, 0.15) is 5.75 Å². The maximum absolute atomic E-state index is 9.81. The molecular formula is C11H15NO2. The minimum Gasteiger partial charge on any atom is -0.497 e. The number of hydrogen-bond donors (Lipinski definition) is 2. The monoisotopic (exact) mass is 193 g/mol. The fourth-order valence-corrected chi connectivity index (χ4v) is 1.89. The van der Waals surface area contributed by atoms with Crippen LogP contribution in [0.3, 0.4) is 0 Å². The van der Waals surface area contributed by atoms with Gasteiger partial charge in [-0.2, -0.15) is 0 Å². The third kappa shape index (κ3) is 1.44. The molecule has 1 aromatic rings. The maximum atomic E-state index is 9.81. The summed E-state index contributed by atoms with van der Waals surface area (Å²) in [5, 5.41) is 13.1. The van der Waals surface area contributed by atoms with Crippen molar-refractivity contribution < 1.29 is 9.84 Å². The fourth-order valence-electron chi connectivity index (χ4n) is 1.89. The SMILES string of the molecule is COc1cc(C)c2c(c1)C(O)CCN2. The number of hydrogen-bond acceptors (Lipinski definition) is 3. The van der Waals surface area contributed by atoms with Crippen LogP contribution in [-0.2, 0) is 0 Å². The second-order valence-corrected chi connectivity index (χ2v) is 3.64. The van der Waals surface area contributed by atoms with Crippen LogP contribution < -0.4 is 10.1 Å². The number of aryl methyl sites for hydroxylation is 1. The molecule has 0 aromatic heterocycles. The first-order valence-electron chi connectivity index (χ1n) is 4.83. The van der Waals surface area contributed by atoms with Gasteiger partial charge in [0.2, 0.25) is 0 Å². The maximum Gasteiger partial charge on any atom is 0.119 e. The molecule has 1 aliphatic heterocycles. The van der Waals surface area contributed by atoms with Gasteiger partial charge in [0, 0.05) is 17.8 Å². The van der Waals surface area contributed by atoms with Gasteiger partial charge in [-0.3, -0.25) is 0 Å². The summed E-state index contributed by atoms with van der Waals surface area (Å²) >= 11 is 0. The van der Waals surface area contributed by atoms with Gasteiger partial charge in [0.15, 0.2) is 0 Å². The highest BCUT2D eigenvalue weighted by molar-refractivity contribution is 5.62. The van der Waals surface area contributed by atoms with Gasteiger partial charge in [-0.1, -0.05) is 0 Å². The van der Waals surface area contributed by atoms with Crippen molar-refractivity contribution in [2.45, 2.75) is 19.4 Å². The molecule has 1 atom stereocenters. The first-order valence-corrected chi connectivity index (χ1v) is 4.83. The number of methoxy groups -OCH3 is 1. The molecule has 0 bridgehead atoms. The molecule has 1 heterocycles. The Kier molecular flexibility index (Phi) is 2.33. The Hall–Kier alpha value is -1.22. The minimum absolute atomic E-state index is 0.361. The van der Waals surface area contributed by atoms with Crippen molar-refractivity contribution in [3.63, 3.8) is 0 Å². The van der Waals surface area contributed by atoms with Gasteiger partial charge in [-0.05, 0) is 31.0 Å². The summed E-state index contributed by atoms with van der Waals surface area (Å²) in [4.78, 5) is 0. The molecule has 0 spiro atoms. The van der Waals surface area contributed by atoms with Crippen LogP contribution in [0.2, 0.25) is 0 Å². The number of ether oxygens (including phenoxy) is 1. The van der Waals surface area contributed by atoms with E-state index in [-0.39, 0.29) is 6.10 Å². The summed E-state index contributed by atoms with van der Waals surface area (Å²) in [5.41, 5.74) is 3.13. The lowest BCUT2D eigenvalue weighted by molar-refractivity contribution is 0.168. The first kappa shape index (κ1) is 9.34. The van der Waals surface area contributed by atoms with Crippen LogP contribution in [0.1, 0.15) is 23.7 Å². The highest BCUT2D eigenvalue weighted by atomic mass is 16.5. The second kappa shape index (κ2) is 3.50. The molecule has 0 radical (unpaired) electrons. The molecule has 1 unspecified atom stereocenters. The van der Waals surface area contributed by atoms with Crippen LogP contribution in [0.5, 0.6) is 5.75 Å². The summed E-state index contributed by atoms with van der Waals surface area (Å²) in [6, 6.07) is 3.88. The van der Waals surface area contributed by atoms with Gasteiger partial charge in [0.05, 0.1) is 13.2 Å². The molecule has 2 rings (SSSR count). The van der Waals surface area contributed by atoms with Gasteiger partial charge in [-0.25, -0.2) is 0 Å². The summed E-state index contributed by atoms with van der Waals surface area (Å²) in [6.45, 7) is 2.85. The van der Waals surface area contributed by atoms with E-state index in [1.165, 1.54) is 0 Å². The number of aliphatic hydroxyl groups excluding tert-OH is 1. The molecule has 3 heteroatoms. The summed E-state index contributed by atoms with van der Waals surface area (Å²) in [5.74, 6) is 0.809. The molecule has 0 saturated heterocycles. The summed E-state index contributed by atoms with van der Waals surface area (Å²) in [7, 11) is 1.64. The molecule has 14 heavy (non-hydrogen) atoms. The molecule has 3 nitrogen and oxygen atoms in total. The molecular weight excluding hydrogens is 178 g/mol. The zero-order valence-corrected chi connectivity index (χ0v) is 8.50. The van der Waals surface area contributed by atoms with Crippen molar-refractivity contribution in [2.24, 2.45) is 0 Å². The standard InChI is InChI=1S/C11H15NO2/c1-7-5-8(14-2)6-9-10(13)3-4-12-11(7)9/h5-6,10,12-13H,3-4H2,1-2H3.